The lowest BCUT2D eigenvalue weighted by Crippen LogP contribution is -2.10. The minimum Gasteiger partial charge on any atom is -0.465 e. The van der Waals surface area contributed by atoms with E-state index in [4.69, 9.17) is 4.84 Å². The number of hydroxylamine groups is 1. The molecule has 4 nitrogen and oxygen atoms in total. The number of anilines is 1. The number of carbonyl (C=O) groups excluding carboxylic acids is 1. The Kier molecular flexibility index (Phi) is 2.13. The average molecular weight is 193 g/mol. The predicted molar refractivity (Wildman–Crippen MR) is 51.0 cm³/mol. The van der Waals surface area contributed by atoms with Gasteiger partial charge >= 0.3 is 5.97 Å². The molecule has 14 heavy (non-hydrogen) atoms. The van der Waals surface area contributed by atoms with Gasteiger partial charge in [-0.25, -0.2) is 4.79 Å². The summed E-state index contributed by atoms with van der Waals surface area (Å²) >= 11 is 0. The number of hydrogen-bond acceptors (Lipinski definition) is 4. The van der Waals surface area contributed by atoms with Crippen LogP contribution in [0.5, 0.6) is 0 Å². The second kappa shape index (κ2) is 3.31. The molecule has 4 heteroatoms. The fourth-order valence-electron chi connectivity index (χ4n) is 1.46. The van der Waals surface area contributed by atoms with Crippen molar-refractivity contribution >= 4 is 11.7 Å². The van der Waals surface area contributed by atoms with E-state index in [2.05, 4.69) is 4.74 Å². The molecule has 0 aliphatic carbocycles. The van der Waals surface area contributed by atoms with Gasteiger partial charge in [-0.05, 0) is 12.1 Å². The number of nitrogens with zero attached hydrogens (tertiary/aromatic N) is 1. The molecule has 1 aliphatic rings. The van der Waals surface area contributed by atoms with E-state index in [1.807, 2.05) is 13.1 Å². The summed E-state index contributed by atoms with van der Waals surface area (Å²) in [7, 11) is 3.18. The molecule has 0 aromatic heterocycles. The third-order valence-electron chi connectivity index (χ3n) is 2.26. The molecule has 1 heterocycles. The summed E-state index contributed by atoms with van der Waals surface area (Å²) in [5.74, 6) is -0.326. The van der Waals surface area contributed by atoms with Crippen molar-refractivity contribution in [3.63, 3.8) is 0 Å². The van der Waals surface area contributed by atoms with E-state index in [1.54, 1.807) is 17.2 Å². The Morgan fingerprint density at radius 1 is 1.57 bits per heavy atom. The van der Waals surface area contributed by atoms with Crippen LogP contribution < -0.4 is 5.06 Å². The molecule has 0 saturated carbocycles. The molecule has 0 bridgehead atoms. The highest BCUT2D eigenvalue weighted by atomic mass is 16.7. The van der Waals surface area contributed by atoms with Crippen molar-refractivity contribution in [2.24, 2.45) is 0 Å². The number of hydrogen-bond donors (Lipinski definition) is 0. The number of ether oxygens (including phenoxy) is 1. The molecule has 1 aromatic rings. The Balaban J connectivity index is 2.39. The lowest BCUT2D eigenvalue weighted by molar-refractivity contribution is 0.0601. The molecule has 0 fully saturated rings. The fraction of sp³-hybridized carbons (Fsp3) is 0.300. The van der Waals surface area contributed by atoms with E-state index in [0.717, 1.165) is 11.3 Å². The SMILES string of the molecule is COC(=O)c1ccc2c(c1)N(C)OC2. The largest absolute Gasteiger partial charge is 0.465 e. The van der Waals surface area contributed by atoms with Gasteiger partial charge < -0.3 is 4.74 Å². The van der Waals surface area contributed by atoms with Crippen LogP contribution in [0.2, 0.25) is 0 Å². The summed E-state index contributed by atoms with van der Waals surface area (Å²) in [4.78, 5) is 16.5. The highest BCUT2D eigenvalue weighted by Gasteiger charge is 2.18. The first-order valence-electron chi connectivity index (χ1n) is 4.30. The van der Waals surface area contributed by atoms with Gasteiger partial charge in [0, 0.05) is 12.6 Å². The van der Waals surface area contributed by atoms with Crippen molar-refractivity contribution in [3.8, 4) is 0 Å². The van der Waals surface area contributed by atoms with Gasteiger partial charge in [0.15, 0.2) is 0 Å². The quantitative estimate of drug-likeness (QED) is 0.631. The molecular formula is C10H11NO3. The zero-order valence-electron chi connectivity index (χ0n) is 8.11. The highest BCUT2D eigenvalue weighted by Crippen LogP contribution is 2.28. The lowest BCUT2D eigenvalue weighted by atomic mass is 10.1. The molecule has 0 radical (unpaired) electrons. The number of esters is 1. The first-order chi connectivity index (χ1) is 6.72. The molecule has 1 aromatic carbocycles. The van der Waals surface area contributed by atoms with Crippen molar-refractivity contribution in [3.05, 3.63) is 29.3 Å². The van der Waals surface area contributed by atoms with Crippen molar-refractivity contribution in [2.75, 3.05) is 19.2 Å². The Hall–Kier alpha value is -1.55. The smallest absolute Gasteiger partial charge is 0.337 e. The van der Waals surface area contributed by atoms with E-state index in [1.165, 1.54) is 7.11 Å². The monoisotopic (exact) mass is 193 g/mol. The first kappa shape index (κ1) is 9.02. The molecule has 0 spiro atoms. The number of benzene rings is 1. The number of fused-ring (bicyclic) bond motifs is 1. The number of carbonyl (C=O) groups is 1. The molecule has 74 valence electrons. The average Bonchev–Trinajstić information content (AvgIpc) is 2.59. The van der Waals surface area contributed by atoms with Crippen LogP contribution in [0.4, 0.5) is 5.69 Å². The highest BCUT2D eigenvalue weighted by molar-refractivity contribution is 5.90. The summed E-state index contributed by atoms with van der Waals surface area (Å²) in [6.45, 7) is 0.563. The number of methoxy groups -OCH3 is 1. The van der Waals surface area contributed by atoms with E-state index in [9.17, 15) is 4.79 Å². The van der Waals surface area contributed by atoms with Crippen LogP contribution in [0.3, 0.4) is 0 Å². The van der Waals surface area contributed by atoms with E-state index in [-0.39, 0.29) is 5.97 Å². The van der Waals surface area contributed by atoms with Crippen LogP contribution >= 0.6 is 0 Å². The van der Waals surface area contributed by atoms with Gasteiger partial charge in [0.25, 0.3) is 0 Å². The van der Waals surface area contributed by atoms with Crippen LogP contribution in [-0.4, -0.2) is 20.1 Å². The molecule has 2 rings (SSSR count). The van der Waals surface area contributed by atoms with Crippen LogP contribution in [0.25, 0.3) is 0 Å². The zero-order valence-corrected chi connectivity index (χ0v) is 8.11. The zero-order chi connectivity index (χ0) is 10.1. The summed E-state index contributed by atoms with van der Waals surface area (Å²) in [5.41, 5.74) is 2.55. The molecular weight excluding hydrogens is 182 g/mol. The third kappa shape index (κ3) is 1.33. The molecule has 0 atom stereocenters. The van der Waals surface area contributed by atoms with Crippen LogP contribution in [0, 0.1) is 0 Å². The topological polar surface area (TPSA) is 38.8 Å². The Bertz CT molecular complexity index is 376. The third-order valence-corrected chi connectivity index (χ3v) is 2.26. The summed E-state index contributed by atoms with van der Waals surface area (Å²) in [5, 5.41) is 1.65. The van der Waals surface area contributed by atoms with Crippen LogP contribution in [0.1, 0.15) is 15.9 Å². The predicted octanol–water partition coefficient (Wildman–Crippen LogP) is 1.35. The van der Waals surface area contributed by atoms with Gasteiger partial charge in [0.05, 0.1) is 18.4 Å². The Morgan fingerprint density at radius 3 is 3.07 bits per heavy atom. The Labute approximate surface area is 82.0 Å². The molecule has 1 aliphatic heterocycles. The fourth-order valence-corrected chi connectivity index (χ4v) is 1.46. The van der Waals surface area contributed by atoms with E-state index >= 15 is 0 Å². The van der Waals surface area contributed by atoms with Crippen molar-refractivity contribution in [1.29, 1.82) is 0 Å². The van der Waals surface area contributed by atoms with Gasteiger partial charge in [-0.2, -0.15) is 0 Å². The maximum Gasteiger partial charge on any atom is 0.337 e. The van der Waals surface area contributed by atoms with Gasteiger partial charge in [0.1, 0.15) is 6.61 Å². The van der Waals surface area contributed by atoms with E-state index in [0.29, 0.717) is 12.2 Å². The minimum atomic E-state index is -0.326. The van der Waals surface area contributed by atoms with Gasteiger partial charge in [-0.3, -0.25) is 9.90 Å². The second-order valence-corrected chi connectivity index (χ2v) is 3.11. The summed E-state index contributed by atoms with van der Waals surface area (Å²) in [6.07, 6.45) is 0. The first-order valence-corrected chi connectivity index (χ1v) is 4.30. The maximum atomic E-state index is 11.2. The van der Waals surface area contributed by atoms with Gasteiger partial charge in [0.2, 0.25) is 0 Å². The molecule has 0 unspecified atom stereocenters. The summed E-state index contributed by atoms with van der Waals surface area (Å²) < 4.78 is 4.63. The maximum absolute atomic E-state index is 11.2. The lowest BCUT2D eigenvalue weighted by Gasteiger charge is -2.10. The molecule has 0 saturated heterocycles. The Morgan fingerprint density at radius 2 is 2.36 bits per heavy atom. The van der Waals surface area contributed by atoms with Gasteiger partial charge in [-0.1, -0.05) is 6.07 Å². The second-order valence-electron chi connectivity index (χ2n) is 3.11. The van der Waals surface area contributed by atoms with Crippen molar-refractivity contribution < 1.29 is 14.4 Å². The summed E-state index contributed by atoms with van der Waals surface area (Å²) in [6, 6.07) is 5.40. The van der Waals surface area contributed by atoms with Crippen molar-refractivity contribution in [2.45, 2.75) is 6.61 Å². The normalized spacial score (nSPS) is 14.0. The van der Waals surface area contributed by atoms with Crippen LogP contribution in [0.15, 0.2) is 18.2 Å². The van der Waals surface area contributed by atoms with E-state index < -0.39 is 0 Å². The number of rotatable bonds is 1. The van der Waals surface area contributed by atoms with Crippen molar-refractivity contribution in [1.82, 2.24) is 0 Å². The van der Waals surface area contributed by atoms with Gasteiger partial charge in [-0.15, -0.1) is 0 Å². The minimum absolute atomic E-state index is 0.326. The molecule has 0 N–H and O–H groups in total. The van der Waals surface area contributed by atoms with Crippen LogP contribution in [-0.2, 0) is 16.2 Å². The molecule has 0 amide bonds. The standard InChI is InChI=1S/C10H11NO3/c1-11-9-5-7(10(12)13-2)3-4-8(9)6-14-11/h3-5H,6H2,1-2H3.